The summed E-state index contributed by atoms with van der Waals surface area (Å²) in [4.78, 5) is 0. The molecular weight excluding hydrogens is 295 g/mol. The van der Waals surface area contributed by atoms with E-state index in [0.29, 0.717) is 19.8 Å². The van der Waals surface area contributed by atoms with Crippen molar-refractivity contribution < 1.29 is 28.5 Å². The van der Waals surface area contributed by atoms with Gasteiger partial charge in [0.2, 0.25) is 0 Å². The van der Waals surface area contributed by atoms with Gasteiger partial charge in [0, 0.05) is 0 Å². The molecule has 17 heavy (non-hydrogen) atoms. The summed E-state index contributed by atoms with van der Waals surface area (Å²) < 4.78 is 21.3. The van der Waals surface area contributed by atoms with Gasteiger partial charge in [-0.2, -0.15) is 0 Å². The first kappa shape index (κ1) is 15.0. The first-order valence-electron chi connectivity index (χ1n) is 6.26. The Bertz CT molecular complexity index is 320. The first-order chi connectivity index (χ1) is 8.09. The fourth-order valence-corrected chi connectivity index (χ4v) is 11.3. The van der Waals surface area contributed by atoms with Crippen molar-refractivity contribution in [1.29, 1.82) is 0 Å². The second-order valence-corrected chi connectivity index (χ2v) is 14.6. The van der Waals surface area contributed by atoms with Gasteiger partial charge in [0.05, 0.1) is 0 Å². The summed E-state index contributed by atoms with van der Waals surface area (Å²) in [6, 6.07) is 10.1. The van der Waals surface area contributed by atoms with Crippen LogP contribution in [0.5, 0.6) is 0 Å². The molecule has 97 valence electrons. The molecule has 0 amide bonds. The van der Waals surface area contributed by atoms with E-state index < -0.39 is 20.1 Å². The Labute approximate surface area is 107 Å². The number of benzene rings is 1. The second-order valence-electron chi connectivity index (χ2n) is 4.08. The predicted octanol–water partition coefficient (Wildman–Crippen LogP) is 2.90. The van der Waals surface area contributed by atoms with Gasteiger partial charge >= 0.3 is 107 Å². The fraction of sp³-hybridized carbons (Fsp3) is 0.538. The Morgan fingerprint density at radius 2 is 1.24 bits per heavy atom. The maximum absolute atomic E-state index is 6.05. The summed E-state index contributed by atoms with van der Waals surface area (Å²) in [6.45, 7) is 7.78. The van der Waals surface area contributed by atoms with E-state index in [-0.39, 0.29) is 0 Å². The normalized spacial score (nSPS) is 14.2. The molecule has 0 N–H and O–H groups in total. The Balaban J connectivity index is 3.23. The van der Waals surface area contributed by atoms with E-state index in [2.05, 4.69) is 0 Å². The van der Waals surface area contributed by atoms with Crippen LogP contribution in [0, 0.1) is 0 Å². The summed E-state index contributed by atoms with van der Waals surface area (Å²) in [7, 11) is 0. The maximum atomic E-state index is 6.05. The molecule has 0 unspecified atom stereocenters. The summed E-state index contributed by atoms with van der Waals surface area (Å²) in [5, 5.41) is 0. The Morgan fingerprint density at radius 3 is 1.59 bits per heavy atom. The third kappa shape index (κ3) is 3.26. The van der Waals surface area contributed by atoms with Crippen molar-refractivity contribution in [3.05, 3.63) is 30.3 Å². The molecule has 0 atom stereocenters. The van der Waals surface area contributed by atoms with Gasteiger partial charge in [-0.3, -0.25) is 0 Å². The van der Waals surface area contributed by atoms with Crippen molar-refractivity contribution in [3.8, 4) is 0 Å². The first-order valence-corrected chi connectivity index (χ1v) is 13.0. The van der Waals surface area contributed by atoms with Gasteiger partial charge in [-0.1, -0.05) is 0 Å². The summed E-state index contributed by atoms with van der Waals surface area (Å²) >= 11 is -4.16. The summed E-state index contributed by atoms with van der Waals surface area (Å²) in [5.74, 6) is 0. The van der Waals surface area contributed by atoms with E-state index in [9.17, 15) is 0 Å². The van der Waals surface area contributed by atoms with Crippen LogP contribution in [0.1, 0.15) is 20.8 Å². The van der Waals surface area contributed by atoms with Crippen LogP contribution in [-0.2, 0) is 28.5 Å². The molecule has 0 fully saturated rings. The molecule has 1 aromatic rings. The van der Waals surface area contributed by atoms with E-state index >= 15 is 0 Å². The van der Waals surface area contributed by atoms with Crippen LogP contribution in [0.3, 0.4) is 0 Å². The van der Waals surface area contributed by atoms with Crippen molar-refractivity contribution in [1.82, 2.24) is 0 Å². The van der Waals surface area contributed by atoms with Crippen LogP contribution >= 0.6 is 0 Å². The predicted molar refractivity (Wildman–Crippen MR) is 66.8 cm³/mol. The molecule has 0 aliphatic carbocycles. The van der Waals surface area contributed by atoms with Crippen LogP contribution in [0.25, 0.3) is 0 Å². The third-order valence-electron chi connectivity index (χ3n) is 2.85. The standard InChI is InChI=1S/C6H5.3C2H5O.CH3.Zr/c1-2-4-6-5-3-1;3*1-2-3;;/h1-5H;3*2H2,1H3;1H3;/q;3*-1;;+3. The third-order valence-corrected chi connectivity index (χ3v) is 13.9. The van der Waals surface area contributed by atoms with E-state index in [1.807, 2.05) is 55.7 Å². The molecule has 3 nitrogen and oxygen atoms in total. The second kappa shape index (κ2) is 6.24. The fourth-order valence-electron chi connectivity index (χ4n) is 2.19. The van der Waals surface area contributed by atoms with E-state index in [1.165, 1.54) is 0 Å². The Morgan fingerprint density at radius 1 is 0.824 bits per heavy atom. The monoisotopic (exact) mass is 317 g/mol. The zero-order chi connectivity index (χ0) is 12.8. The van der Waals surface area contributed by atoms with Gasteiger partial charge in [0.1, 0.15) is 0 Å². The van der Waals surface area contributed by atoms with Crippen LogP contribution in [-0.4, -0.2) is 19.8 Å². The summed E-state index contributed by atoms with van der Waals surface area (Å²) in [5.41, 5.74) is 0. The van der Waals surface area contributed by atoms with Gasteiger partial charge in [0.15, 0.2) is 0 Å². The Kier molecular flexibility index (Phi) is 5.52. The molecule has 1 aromatic carbocycles. The minimum absolute atomic E-state index is 0.608. The number of hydrogen-bond acceptors (Lipinski definition) is 3. The van der Waals surface area contributed by atoms with E-state index in [4.69, 9.17) is 8.44 Å². The van der Waals surface area contributed by atoms with Gasteiger partial charge in [-0.25, -0.2) is 0 Å². The average Bonchev–Trinajstić information content (AvgIpc) is 2.31. The van der Waals surface area contributed by atoms with Crippen LogP contribution in [0.15, 0.2) is 30.3 Å². The van der Waals surface area contributed by atoms with Gasteiger partial charge in [-0.15, -0.1) is 0 Å². The SMILES string of the molecule is CC[O][Zr]([CH3])([O]CC)([O]CC)[c]1ccccc1. The molecule has 0 saturated heterocycles. The molecule has 1 rings (SSSR count). The van der Waals surface area contributed by atoms with E-state index in [0.717, 1.165) is 3.27 Å². The number of rotatable bonds is 7. The quantitative estimate of drug-likeness (QED) is 0.774. The summed E-state index contributed by atoms with van der Waals surface area (Å²) in [6.07, 6.45) is 0. The zero-order valence-electron chi connectivity index (χ0n) is 11.2. The van der Waals surface area contributed by atoms with Gasteiger partial charge in [-0.05, 0) is 0 Å². The Hall–Kier alpha value is -0.0169. The van der Waals surface area contributed by atoms with Crippen molar-refractivity contribution in [2.75, 3.05) is 19.8 Å². The number of hydrogen-bond donors (Lipinski definition) is 0. The van der Waals surface area contributed by atoms with Gasteiger partial charge < -0.3 is 0 Å². The van der Waals surface area contributed by atoms with Crippen molar-refractivity contribution in [3.63, 3.8) is 0 Å². The molecule has 0 heterocycles. The molecule has 0 saturated carbocycles. The molecule has 0 aromatic heterocycles. The van der Waals surface area contributed by atoms with E-state index in [1.54, 1.807) is 0 Å². The molecule has 0 aliphatic heterocycles. The topological polar surface area (TPSA) is 27.7 Å². The molecular formula is C13H23O3Zr. The van der Waals surface area contributed by atoms with Gasteiger partial charge in [0.25, 0.3) is 0 Å². The molecule has 0 bridgehead atoms. The molecule has 0 radical (unpaired) electrons. The van der Waals surface area contributed by atoms with Crippen LogP contribution in [0.4, 0.5) is 0 Å². The zero-order valence-corrected chi connectivity index (χ0v) is 13.7. The van der Waals surface area contributed by atoms with Crippen molar-refractivity contribution in [2.45, 2.75) is 25.4 Å². The molecule has 4 heteroatoms. The van der Waals surface area contributed by atoms with Crippen molar-refractivity contribution >= 4 is 3.27 Å². The van der Waals surface area contributed by atoms with Crippen LogP contribution in [0.2, 0.25) is 4.63 Å². The molecule has 0 aliphatic rings. The molecule has 0 spiro atoms. The van der Waals surface area contributed by atoms with Crippen LogP contribution < -0.4 is 3.27 Å². The minimum atomic E-state index is -4.16. The van der Waals surface area contributed by atoms with Crippen molar-refractivity contribution in [2.24, 2.45) is 0 Å². The average molecular weight is 319 g/mol.